The van der Waals surface area contributed by atoms with Gasteiger partial charge in [-0.3, -0.25) is 9.67 Å². The van der Waals surface area contributed by atoms with Crippen LogP contribution in [0.15, 0.2) is 33.5 Å². The van der Waals surface area contributed by atoms with Crippen LogP contribution in [0.2, 0.25) is 0 Å². The van der Waals surface area contributed by atoms with E-state index in [4.69, 9.17) is 4.42 Å². The van der Waals surface area contributed by atoms with Crippen molar-refractivity contribution in [1.29, 1.82) is 0 Å². The Morgan fingerprint density at radius 2 is 2.26 bits per heavy atom. The molecule has 0 fully saturated rings. The van der Waals surface area contributed by atoms with Crippen molar-refractivity contribution in [3.8, 4) is 11.3 Å². The molecule has 0 unspecified atom stereocenters. The van der Waals surface area contributed by atoms with Gasteiger partial charge in [0.2, 0.25) is 0 Å². The fourth-order valence-corrected chi connectivity index (χ4v) is 2.17. The zero-order valence-corrected chi connectivity index (χ0v) is 10.7. The van der Waals surface area contributed by atoms with Gasteiger partial charge in [0.25, 0.3) is 0 Å². The van der Waals surface area contributed by atoms with Crippen molar-refractivity contribution in [2.24, 2.45) is 7.05 Å². The first-order valence-electron chi connectivity index (χ1n) is 5.98. The maximum Gasteiger partial charge on any atom is 0.417 e. The average molecular weight is 258 g/mol. The predicted molar refractivity (Wildman–Crippen MR) is 71.8 cm³/mol. The lowest BCUT2D eigenvalue weighted by molar-refractivity contribution is 0.555. The molecular formula is C13H14N4O2. The Hall–Kier alpha value is -2.34. The molecule has 0 aliphatic rings. The number of benzene rings is 1. The summed E-state index contributed by atoms with van der Waals surface area (Å²) in [5.74, 6) is -0.437. The first-order valence-corrected chi connectivity index (χ1v) is 5.98. The third-order valence-corrected chi connectivity index (χ3v) is 3.01. The van der Waals surface area contributed by atoms with Crippen LogP contribution >= 0.6 is 0 Å². The lowest BCUT2D eigenvalue weighted by Gasteiger charge is -2.00. The second-order valence-electron chi connectivity index (χ2n) is 4.40. The van der Waals surface area contributed by atoms with Crippen molar-refractivity contribution < 1.29 is 4.42 Å². The van der Waals surface area contributed by atoms with Crippen LogP contribution in [0.25, 0.3) is 22.4 Å². The van der Waals surface area contributed by atoms with Crippen LogP contribution in [0.4, 0.5) is 0 Å². The summed E-state index contributed by atoms with van der Waals surface area (Å²) >= 11 is 0. The molecule has 3 rings (SSSR count). The molecule has 0 saturated carbocycles. The molecule has 0 saturated heterocycles. The lowest BCUT2D eigenvalue weighted by atomic mass is 10.1. The first kappa shape index (κ1) is 11.7. The Morgan fingerprint density at radius 3 is 3.05 bits per heavy atom. The molecule has 0 spiro atoms. The monoisotopic (exact) mass is 258 g/mol. The molecule has 0 aliphatic heterocycles. The van der Waals surface area contributed by atoms with E-state index in [0.717, 1.165) is 23.5 Å². The molecule has 0 amide bonds. The van der Waals surface area contributed by atoms with Crippen molar-refractivity contribution in [3.05, 3.63) is 40.5 Å². The predicted octanol–water partition coefficient (Wildman–Crippen LogP) is 1.24. The molecule has 0 bridgehead atoms. The van der Waals surface area contributed by atoms with E-state index in [2.05, 4.69) is 15.4 Å². The number of nitrogens with one attached hydrogen (secondary N) is 2. The van der Waals surface area contributed by atoms with Gasteiger partial charge in [0, 0.05) is 19.2 Å². The number of aryl methyl sites for hydroxylation is 1. The van der Waals surface area contributed by atoms with E-state index in [1.165, 1.54) is 0 Å². The third kappa shape index (κ3) is 2.06. The Kier molecular flexibility index (Phi) is 2.72. The van der Waals surface area contributed by atoms with E-state index < -0.39 is 5.76 Å². The van der Waals surface area contributed by atoms with Crippen molar-refractivity contribution in [3.63, 3.8) is 0 Å². The molecule has 2 aromatic heterocycles. The quantitative estimate of drug-likeness (QED) is 0.741. The number of aromatic amines is 1. The molecular weight excluding hydrogens is 244 g/mol. The maximum absolute atomic E-state index is 11.1. The number of aromatic nitrogens is 3. The standard InChI is InChI=1S/C13H14N4O2/c1-14-7-9-6-11(17(2)16-9)8-3-4-10-12(5-8)19-13(18)15-10/h3-6,14H,7H2,1-2H3,(H,15,18). The molecule has 6 heteroatoms. The van der Waals surface area contributed by atoms with Crippen LogP contribution in [0, 0.1) is 0 Å². The van der Waals surface area contributed by atoms with E-state index in [9.17, 15) is 4.79 Å². The summed E-state index contributed by atoms with van der Waals surface area (Å²) < 4.78 is 6.89. The van der Waals surface area contributed by atoms with Crippen molar-refractivity contribution >= 4 is 11.1 Å². The van der Waals surface area contributed by atoms with Crippen molar-refractivity contribution in [2.75, 3.05) is 7.05 Å². The molecule has 0 radical (unpaired) electrons. The van der Waals surface area contributed by atoms with Gasteiger partial charge in [-0.1, -0.05) is 6.07 Å². The number of fused-ring (bicyclic) bond motifs is 1. The Bertz CT molecular complexity index is 781. The van der Waals surface area contributed by atoms with Gasteiger partial charge < -0.3 is 9.73 Å². The molecule has 3 aromatic rings. The summed E-state index contributed by atoms with van der Waals surface area (Å²) in [5, 5.41) is 7.48. The summed E-state index contributed by atoms with van der Waals surface area (Å²) in [5.41, 5.74) is 4.17. The van der Waals surface area contributed by atoms with Crippen LogP contribution in [0.5, 0.6) is 0 Å². The minimum Gasteiger partial charge on any atom is -0.408 e. The van der Waals surface area contributed by atoms with Crippen molar-refractivity contribution in [2.45, 2.75) is 6.54 Å². The number of nitrogens with zero attached hydrogens (tertiary/aromatic N) is 2. The number of oxazole rings is 1. The summed E-state index contributed by atoms with van der Waals surface area (Å²) in [4.78, 5) is 13.8. The van der Waals surface area contributed by atoms with Gasteiger partial charge in [-0.05, 0) is 25.2 Å². The molecule has 98 valence electrons. The van der Waals surface area contributed by atoms with Gasteiger partial charge in [0.15, 0.2) is 5.58 Å². The van der Waals surface area contributed by atoms with Gasteiger partial charge in [-0.15, -0.1) is 0 Å². The largest absolute Gasteiger partial charge is 0.417 e. The molecule has 2 heterocycles. The average Bonchev–Trinajstić information content (AvgIpc) is 2.90. The van der Waals surface area contributed by atoms with E-state index in [0.29, 0.717) is 11.1 Å². The smallest absolute Gasteiger partial charge is 0.408 e. The third-order valence-electron chi connectivity index (χ3n) is 3.01. The minimum absolute atomic E-state index is 0.437. The van der Waals surface area contributed by atoms with Crippen LogP contribution in [-0.4, -0.2) is 21.8 Å². The molecule has 6 nitrogen and oxygen atoms in total. The highest BCUT2D eigenvalue weighted by atomic mass is 16.4. The highest BCUT2D eigenvalue weighted by Crippen LogP contribution is 2.23. The van der Waals surface area contributed by atoms with Gasteiger partial charge in [-0.25, -0.2) is 4.79 Å². The summed E-state index contributed by atoms with van der Waals surface area (Å²) in [6, 6.07) is 7.63. The summed E-state index contributed by atoms with van der Waals surface area (Å²) in [6.45, 7) is 0.718. The molecule has 0 aliphatic carbocycles. The summed E-state index contributed by atoms with van der Waals surface area (Å²) in [6.07, 6.45) is 0. The van der Waals surface area contributed by atoms with Crippen LogP contribution in [0.3, 0.4) is 0 Å². The van der Waals surface area contributed by atoms with Gasteiger partial charge in [0.1, 0.15) is 0 Å². The number of H-pyrrole nitrogens is 1. The van der Waals surface area contributed by atoms with E-state index in [1.54, 1.807) is 0 Å². The zero-order chi connectivity index (χ0) is 13.4. The van der Waals surface area contributed by atoms with Crippen LogP contribution in [0.1, 0.15) is 5.69 Å². The Balaban J connectivity index is 2.10. The molecule has 1 aromatic carbocycles. The SMILES string of the molecule is CNCc1cc(-c2ccc3[nH]c(=O)oc3c2)n(C)n1. The molecule has 19 heavy (non-hydrogen) atoms. The van der Waals surface area contributed by atoms with E-state index in [-0.39, 0.29) is 0 Å². The molecule has 0 atom stereocenters. The fraction of sp³-hybridized carbons (Fsp3) is 0.231. The van der Waals surface area contributed by atoms with Gasteiger partial charge in [0.05, 0.1) is 16.9 Å². The highest BCUT2D eigenvalue weighted by Gasteiger charge is 2.09. The maximum atomic E-state index is 11.1. The first-order chi connectivity index (χ1) is 9.17. The number of hydrogen-bond donors (Lipinski definition) is 2. The van der Waals surface area contributed by atoms with Gasteiger partial charge in [-0.2, -0.15) is 5.10 Å². The summed E-state index contributed by atoms with van der Waals surface area (Å²) in [7, 11) is 3.78. The lowest BCUT2D eigenvalue weighted by Crippen LogP contribution is -2.05. The highest BCUT2D eigenvalue weighted by molar-refractivity contribution is 5.79. The van der Waals surface area contributed by atoms with Crippen LogP contribution < -0.4 is 11.1 Å². The zero-order valence-electron chi connectivity index (χ0n) is 10.7. The Labute approximate surface area is 109 Å². The van der Waals surface area contributed by atoms with E-state index >= 15 is 0 Å². The minimum atomic E-state index is -0.437. The second kappa shape index (κ2) is 4.40. The normalized spacial score (nSPS) is 11.3. The fourth-order valence-electron chi connectivity index (χ4n) is 2.17. The number of rotatable bonds is 3. The Morgan fingerprint density at radius 1 is 1.42 bits per heavy atom. The number of hydrogen-bond acceptors (Lipinski definition) is 4. The van der Waals surface area contributed by atoms with Crippen molar-refractivity contribution in [1.82, 2.24) is 20.1 Å². The molecule has 2 N–H and O–H groups in total. The topological polar surface area (TPSA) is 75.8 Å². The second-order valence-corrected chi connectivity index (χ2v) is 4.40. The van der Waals surface area contributed by atoms with Gasteiger partial charge >= 0.3 is 5.76 Å². The van der Waals surface area contributed by atoms with E-state index in [1.807, 2.05) is 43.0 Å². The van der Waals surface area contributed by atoms with Crippen LogP contribution in [-0.2, 0) is 13.6 Å².